The Morgan fingerprint density at radius 3 is 1.91 bits per heavy atom. The highest BCUT2D eigenvalue weighted by Crippen LogP contribution is 2.11. The lowest BCUT2D eigenvalue weighted by molar-refractivity contribution is -0.0750. The second-order valence-corrected chi connectivity index (χ2v) is 3.66. The van der Waals surface area contributed by atoms with Gasteiger partial charge in [0, 0.05) is 13.0 Å². The van der Waals surface area contributed by atoms with Gasteiger partial charge in [-0.2, -0.15) is 0 Å². The minimum atomic E-state index is -0.676. The van der Waals surface area contributed by atoms with Crippen molar-refractivity contribution in [2.75, 3.05) is 34.7 Å². The molecule has 0 amide bonds. The highest BCUT2D eigenvalue weighted by molar-refractivity contribution is 4.69. The minimum absolute atomic E-state index is 0.676. The van der Waals surface area contributed by atoms with Gasteiger partial charge in [-0.25, -0.2) is 0 Å². The molecule has 0 bridgehead atoms. The Morgan fingerprint density at radius 1 is 1.18 bits per heavy atom. The summed E-state index contributed by atoms with van der Waals surface area (Å²) in [6, 6.07) is 0. The summed E-state index contributed by atoms with van der Waals surface area (Å²) in [4.78, 5) is 3.90. The summed E-state index contributed by atoms with van der Waals surface area (Å²) in [7, 11) is 7.78. The normalized spacial score (nSPS) is 17.5. The molecule has 0 fully saturated rings. The van der Waals surface area contributed by atoms with Gasteiger partial charge >= 0.3 is 0 Å². The van der Waals surface area contributed by atoms with Crippen LogP contribution >= 0.6 is 0 Å². The van der Waals surface area contributed by atoms with Crippen molar-refractivity contribution in [1.82, 2.24) is 9.80 Å². The maximum atomic E-state index is 9.74. The van der Waals surface area contributed by atoms with Crippen molar-refractivity contribution in [2.45, 2.75) is 19.1 Å². The summed E-state index contributed by atoms with van der Waals surface area (Å²) in [5, 5.41) is 9.74. The summed E-state index contributed by atoms with van der Waals surface area (Å²) in [6.07, 6.45) is 0.771. The Labute approximate surface area is 69.6 Å². The number of nitrogens with zero attached hydrogens (tertiary/aromatic N) is 2. The smallest absolute Gasteiger partial charge is 0.116 e. The summed E-state index contributed by atoms with van der Waals surface area (Å²) < 4.78 is 0. The van der Waals surface area contributed by atoms with Crippen LogP contribution in [0.1, 0.15) is 13.3 Å². The van der Waals surface area contributed by atoms with Crippen LogP contribution in [0.2, 0.25) is 0 Å². The first kappa shape index (κ1) is 10.9. The fourth-order valence-corrected chi connectivity index (χ4v) is 0.659. The van der Waals surface area contributed by atoms with Gasteiger partial charge in [0.1, 0.15) is 5.72 Å². The number of hydrogen-bond acceptors (Lipinski definition) is 3. The van der Waals surface area contributed by atoms with Crippen LogP contribution in [0.25, 0.3) is 0 Å². The molecule has 0 aromatic heterocycles. The van der Waals surface area contributed by atoms with Crippen molar-refractivity contribution in [3.05, 3.63) is 0 Å². The van der Waals surface area contributed by atoms with Gasteiger partial charge in [-0.3, -0.25) is 4.90 Å². The average Bonchev–Trinajstić information content (AvgIpc) is 1.84. The molecule has 0 aliphatic heterocycles. The molecule has 0 aliphatic rings. The molecule has 0 aromatic carbocycles. The van der Waals surface area contributed by atoms with Gasteiger partial charge < -0.3 is 10.0 Å². The maximum Gasteiger partial charge on any atom is 0.116 e. The molecule has 11 heavy (non-hydrogen) atoms. The summed E-state index contributed by atoms with van der Waals surface area (Å²) in [6.45, 7) is 2.74. The third kappa shape index (κ3) is 4.35. The molecular weight excluding hydrogens is 140 g/mol. The van der Waals surface area contributed by atoms with Crippen LogP contribution in [0, 0.1) is 0 Å². The predicted octanol–water partition coefficient (Wildman–Crippen LogP) is 0.208. The molecule has 0 heterocycles. The molecule has 3 heteroatoms. The lowest BCUT2D eigenvalue weighted by Crippen LogP contribution is -2.43. The van der Waals surface area contributed by atoms with E-state index in [2.05, 4.69) is 4.90 Å². The summed E-state index contributed by atoms with van der Waals surface area (Å²) >= 11 is 0. The lowest BCUT2D eigenvalue weighted by atomic mass is 10.1. The van der Waals surface area contributed by atoms with Crippen LogP contribution in [0.3, 0.4) is 0 Å². The fourth-order valence-electron chi connectivity index (χ4n) is 0.659. The highest BCUT2D eigenvalue weighted by Gasteiger charge is 2.22. The standard InChI is InChI=1S/C8H20N2O/c1-8(11,10(4)5)6-7-9(2)3/h11H,6-7H2,1-5H3. The third-order valence-electron chi connectivity index (χ3n) is 2.00. The molecule has 0 radical (unpaired) electrons. The van der Waals surface area contributed by atoms with Gasteiger partial charge in [-0.15, -0.1) is 0 Å². The van der Waals surface area contributed by atoms with Crippen molar-refractivity contribution in [2.24, 2.45) is 0 Å². The first-order valence-corrected chi connectivity index (χ1v) is 3.91. The zero-order chi connectivity index (χ0) is 9.07. The van der Waals surface area contributed by atoms with Gasteiger partial charge in [0.05, 0.1) is 0 Å². The quantitative estimate of drug-likeness (QED) is 0.595. The molecular formula is C8H20N2O. The molecule has 0 rings (SSSR count). The maximum absolute atomic E-state index is 9.74. The fraction of sp³-hybridized carbons (Fsp3) is 1.00. The average molecular weight is 160 g/mol. The molecule has 68 valence electrons. The van der Waals surface area contributed by atoms with E-state index in [-0.39, 0.29) is 0 Å². The summed E-state index contributed by atoms with van der Waals surface area (Å²) in [5.74, 6) is 0. The van der Waals surface area contributed by atoms with E-state index in [0.717, 1.165) is 13.0 Å². The molecule has 0 aliphatic carbocycles. The lowest BCUT2D eigenvalue weighted by Gasteiger charge is -2.31. The monoisotopic (exact) mass is 160 g/mol. The van der Waals surface area contributed by atoms with Crippen LogP contribution < -0.4 is 0 Å². The highest BCUT2D eigenvalue weighted by atomic mass is 16.3. The van der Waals surface area contributed by atoms with E-state index in [1.54, 1.807) is 0 Å². The first-order valence-electron chi connectivity index (χ1n) is 3.91. The van der Waals surface area contributed by atoms with Gasteiger partial charge in [-0.1, -0.05) is 0 Å². The van der Waals surface area contributed by atoms with Crippen LogP contribution in [-0.4, -0.2) is 55.4 Å². The number of hydrogen-bond donors (Lipinski definition) is 1. The van der Waals surface area contributed by atoms with Gasteiger partial charge in [-0.05, 0) is 35.1 Å². The van der Waals surface area contributed by atoms with Crippen molar-refractivity contribution in [3.63, 3.8) is 0 Å². The zero-order valence-electron chi connectivity index (χ0n) is 8.26. The van der Waals surface area contributed by atoms with E-state index in [9.17, 15) is 5.11 Å². The minimum Gasteiger partial charge on any atom is -0.376 e. The van der Waals surface area contributed by atoms with Crippen LogP contribution in [0.5, 0.6) is 0 Å². The number of aliphatic hydroxyl groups is 1. The third-order valence-corrected chi connectivity index (χ3v) is 2.00. The number of rotatable bonds is 4. The molecule has 0 saturated carbocycles. The van der Waals surface area contributed by atoms with Gasteiger partial charge in [0.25, 0.3) is 0 Å². The second-order valence-electron chi connectivity index (χ2n) is 3.66. The van der Waals surface area contributed by atoms with E-state index in [0.29, 0.717) is 0 Å². The molecule has 1 unspecified atom stereocenters. The van der Waals surface area contributed by atoms with Crippen LogP contribution in [-0.2, 0) is 0 Å². The van der Waals surface area contributed by atoms with E-state index in [1.807, 2.05) is 40.0 Å². The second kappa shape index (κ2) is 4.04. The predicted molar refractivity (Wildman–Crippen MR) is 47.5 cm³/mol. The Balaban J connectivity index is 3.73. The van der Waals surface area contributed by atoms with Crippen molar-refractivity contribution < 1.29 is 5.11 Å². The molecule has 0 saturated heterocycles. The van der Waals surface area contributed by atoms with Gasteiger partial charge in [0.15, 0.2) is 0 Å². The molecule has 0 spiro atoms. The van der Waals surface area contributed by atoms with E-state index < -0.39 is 5.72 Å². The van der Waals surface area contributed by atoms with Crippen LogP contribution in [0.4, 0.5) is 0 Å². The Hall–Kier alpha value is -0.120. The molecule has 0 aromatic rings. The van der Waals surface area contributed by atoms with Crippen molar-refractivity contribution in [1.29, 1.82) is 0 Å². The molecule has 1 N–H and O–H groups in total. The summed E-state index contributed by atoms with van der Waals surface area (Å²) in [5.41, 5.74) is -0.676. The zero-order valence-corrected chi connectivity index (χ0v) is 8.26. The topological polar surface area (TPSA) is 26.7 Å². The SMILES string of the molecule is CN(C)CCC(C)(O)N(C)C. The van der Waals surface area contributed by atoms with E-state index in [4.69, 9.17) is 0 Å². The van der Waals surface area contributed by atoms with E-state index >= 15 is 0 Å². The van der Waals surface area contributed by atoms with Crippen LogP contribution in [0.15, 0.2) is 0 Å². The van der Waals surface area contributed by atoms with Gasteiger partial charge in [0.2, 0.25) is 0 Å². The van der Waals surface area contributed by atoms with Crippen molar-refractivity contribution >= 4 is 0 Å². The Kier molecular flexibility index (Phi) is 4.00. The largest absolute Gasteiger partial charge is 0.376 e. The van der Waals surface area contributed by atoms with E-state index in [1.165, 1.54) is 0 Å². The molecule has 1 atom stereocenters. The first-order chi connectivity index (χ1) is 4.86. The Morgan fingerprint density at radius 2 is 1.64 bits per heavy atom. The Bertz CT molecular complexity index is 111. The molecule has 3 nitrogen and oxygen atoms in total. The van der Waals surface area contributed by atoms with Crippen molar-refractivity contribution in [3.8, 4) is 0 Å².